The van der Waals surface area contributed by atoms with Crippen LogP contribution in [-0.4, -0.2) is 23.3 Å². The minimum atomic E-state index is -0.168. The van der Waals surface area contributed by atoms with Crippen LogP contribution in [0.4, 0.5) is 0 Å². The third kappa shape index (κ3) is 3.50. The summed E-state index contributed by atoms with van der Waals surface area (Å²) in [6, 6.07) is 12.9. The molecule has 0 saturated carbocycles. The third-order valence-electron chi connectivity index (χ3n) is 5.52. The monoisotopic (exact) mass is 446 g/mol. The maximum absolute atomic E-state index is 12.7. The summed E-state index contributed by atoms with van der Waals surface area (Å²) in [5.74, 6) is 0.130. The highest BCUT2D eigenvalue weighted by Crippen LogP contribution is 2.45. The SMILES string of the molecule is CC1CCN(C2CC(NC(=O)c3cccc(Br)c3)c3cc(Cl)ccc32)C1=O. The highest BCUT2D eigenvalue weighted by molar-refractivity contribution is 9.10. The highest BCUT2D eigenvalue weighted by Gasteiger charge is 2.41. The lowest BCUT2D eigenvalue weighted by Crippen LogP contribution is -2.32. The molecule has 4 rings (SSSR count). The Kier molecular flexibility index (Phi) is 4.99. The highest BCUT2D eigenvalue weighted by atomic mass is 79.9. The molecule has 140 valence electrons. The first-order valence-electron chi connectivity index (χ1n) is 9.10. The van der Waals surface area contributed by atoms with E-state index in [1.807, 2.05) is 42.2 Å². The molecule has 4 nitrogen and oxygen atoms in total. The van der Waals surface area contributed by atoms with E-state index < -0.39 is 0 Å². The molecule has 0 spiro atoms. The van der Waals surface area contributed by atoms with Crippen LogP contribution >= 0.6 is 27.5 Å². The summed E-state index contributed by atoms with van der Waals surface area (Å²) in [6.07, 6.45) is 1.56. The number of hydrogen-bond acceptors (Lipinski definition) is 2. The molecule has 2 aromatic carbocycles. The molecule has 1 N–H and O–H groups in total. The molecule has 0 aromatic heterocycles. The van der Waals surface area contributed by atoms with E-state index in [2.05, 4.69) is 21.2 Å². The topological polar surface area (TPSA) is 49.4 Å². The fraction of sp³-hybridized carbons (Fsp3) is 0.333. The first-order chi connectivity index (χ1) is 12.9. The van der Waals surface area contributed by atoms with E-state index in [1.54, 1.807) is 12.1 Å². The van der Waals surface area contributed by atoms with Gasteiger partial charge in [-0.2, -0.15) is 0 Å². The van der Waals surface area contributed by atoms with Crippen LogP contribution in [0.5, 0.6) is 0 Å². The Morgan fingerprint density at radius 3 is 2.74 bits per heavy atom. The average molecular weight is 448 g/mol. The molecule has 3 unspecified atom stereocenters. The molecule has 27 heavy (non-hydrogen) atoms. The smallest absolute Gasteiger partial charge is 0.251 e. The van der Waals surface area contributed by atoms with Crippen LogP contribution in [0.1, 0.15) is 53.3 Å². The number of halogens is 2. The van der Waals surface area contributed by atoms with Gasteiger partial charge >= 0.3 is 0 Å². The molecular weight excluding hydrogens is 428 g/mol. The number of carbonyl (C=O) groups is 2. The first-order valence-corrected chi connectivity index (χ1v) is 10.3. The second kappa shape index (κ2) is 7.28. The van der Waals surface area contributed by atoms with E-state index in [0.717, 1.165) is 28.6 Å². The van der Waals surface area contributed by atoms with Gasteiger partial charge in [-0.25, -0.2) is 0 Å². The van der Waals surface area contributed by atoms with Crippen LogP contribution in [0, 0.1) is 5.92 Å². The van der Waals surface area contributed by atoms with Gasteiger partial charge in [0.2, 0.25) is 5.91 Å². The largest absolute Gasteiger partial charge is 0.345 e. The number of nitrogens with one attached hydrogen (secondary N) is 1. The summed E-state index contributed by atoms with van der Waals surface area (Å²) < 4.78 is 0.861. The van der Waals surface area contributed by atoms with Gasteiger partial charge in [0.15, 0.2) is 0 Å². The van der Waals surface area contributed by atoms with Gasteiger partial charge in [-0.15, -0.1) is 0 Å². The molecule has 2 aliphatic rings. The van der Waals surface area contributed by atoms with Crippen molar-refractivity contribution in [2.45, 2.75) is 31.8 Å². The maximum atomic E-state index is 12.7. The minimum absolute atomic E-state index is 0.0115. The predicted molar refractivity (Wildman–Crippen MR) is 109 cm³/mol. The van der Waals surface area contributed by atoms with Crippen molar-refractivity contribution >= 4 is 39.3 Å². The zero-order chi connectivity index (χ0) is 19.1. The van der Waals surface area contributed by atoms with E-state index in [-0.39, 0.29) is 29.8 Å². The molecule has 0 bridgehead atoms. The Morgan fingerprint density at radius 1 is 1.22 bits per heavy atom. The van der Waals surface area contributed by atoms with Crippen molar-refractivity contribution in [2.75, 3.05) is 6.54 Å². The molecule has 2 aromatic rings. The van der Waals surface area contributed by atoms with Gasteiger partial charge in [-0.05, 0) is 54.3 Å². The number of likely N-dealkylation sites (tertiary alicyclic amines) is 1. The number of benzene rings is 2. The fourth-order valence-electron chi connectivity index (χ4n) is 4.09. The molecule has 3 atom stereocenters. The van der Waals surface area contributed by atoms with Crippen LogP contribution in [0.3, 0.4) is 0 Å². The standard InChI is InChI=1S/C21H20BrClN2O2/c1-12-7-8-25(21(12)27)19-11-18(17-10-15(23)5-6-16(17)19)24-20(26)13-3-2-4-14(22)9-13/h2-6,9-10,12,18-19H,7-8,11H2,1H3,(H,24,26). The Bertz CT molecular complexity index is 917. The normalized spacial score (nSPS) is 24.2. The van der Waals surface area contributed by atoms with Crippen molar-refractivity contribution in [3.05, 3.63) is 68.7 Å². The van der Waals surface area contributed by atoms with Crippen molar-refractivity contribution in [1.82, 2.24) is 10.2 Å². The minimum Gasteiger partial charge on any atom is -0.345 e. The Morgan fingerprint density at radius 2 is 2.04 bits per heavy atom. The van der Waals surface area contributed by atoms with Crippen molar-refractivity contribution < 1.29 is 9.59 Å². The Balaban J connectivity index is 1.62. The number of nitrogens with zero attached hydrogens (tertiary/aromatic N) is 1. The fourth-order valence-corrected chi connectivity index (χ4v) is 4.67. The molecule has 2 amide bonds. The van der Waals surface area contributed by atoms with Crippen LogP contribution < -0.4 is 5.32 Å². The molecule has 1 fully saturated rings. The molecular formula is C21H20BrClN2O2. The summed E-state index contributed by atoms with van der Waals surface area (Å²) >= 11 is 9.63. The van der Waals surface area contributed by atoms with E-state index in [1.165, 1.54) is 0 Å². The van der Waals surface area contributed by atoms with E-state index in [9.17, 15) is 9.59 Å². The first kappa shape index (κ1) is 18.5. The predicted octanol–water partition coefficient (Wildman–Crippen LogP) is 4.89. The van der Waals surface area contributed by atoms with Crippen LogP contribution in [-0.2, 0) is 4.79 Å². The molecule has 1 saturated heterocycles. The summed E-state index contributed by atoms with van der Waals surface area (Å²) in [4.78, 5) is 27.3. The number of fused-ring (bicyclic) bond motifs is 1. The van der Waals surface area contributed by atoms with Gasteiger partial charge in [-0.3, -0.25) is 9.59 Å². The van der Waals surface area contributed by atoms with E-state index in [4.69, 9.17) is 11.6 Å². The lowest BCUT2D eigenvalue weighted by molar-refractivity contribution is -0.132. The van der Waals surface area contributed by atoms with Gasteiger partial charge in [0, 0.05) is 27.5 Å². The lowest BCUT2D eigenvalue weighted by atomic mass is 10.1. The second-order valence-corrected chi connectivity index (χ2v) is 8.63. The zero-order valence-electron chi connectivity index (χ0n) is 14.9. The number of carbonyl (C=O) groups excluding carboxylic acids is 2. The molecule has 1 aliphatic carbocycles. The quantitative estimate of drug-likeness (QED) is 0.728. The van der Waals surface area contributed by atoms with Gasteiger partial charge in [0.1, 0.15) is 0 Å². The second-order valence-electron chi connectivity index (χ2n) is 7.28. The van der Waals surface area contributed by atoms with Crippen molar-refractivity contribution in [3.8, 4) is 0 Å². The maximum Gasteiger partial charge on any atom is 0.251 e. The Hall–Kier alpha value is -1.85. The van der Waals surface area contributed by atoms with Crippen molar-refractivity contribution in [1.29, 1.82) is 0 Å². The van der Waals surface area contributed by atoms with Gasteiger partial charge < -0.3 is 10.2 Å². The van der Waals surface area contributed by atoms with Crippen LogP contribution in [0.2, 0.25) is 5.02 Å². The number of hydrogen-bond donors (Lipinski definition) is 1. The van der Waals surface area contributed by atoms with Gasteiger partial charge in [-0.1, -0.05) is 46.6 Å². The Labute approximate surface area is 172 Å². The number of rotatable bonds is 3. The van der Waals surface area contributed by atoms with Gasteiger partial charge in [0.25, 0.3) is 5.91 Å². The van der Waals surface area contributed by atoms with E-state index >= 15 is 0 Å². The summed E-state index contributed by atoms with van der Waals surface area (Å²) in [5.41, 5.74) is 2.69. The molecule has 1 aliphatic heterocycles. The lowest BCUT2D eigenvalue weighted by Gasteiger charge is -2.25. The van der Waals surface area contributed by atoms with Crippen molar-refractivity contribution in [2.24, 2.45) is 5.92 Å². The number of amides is 2. The zero-order valence-corrected chi connectivity index (χ0v) is 17.3. The third-order valence-corrected chi connectivity index (χ3v) is 6.25. The summed E-state index contributed by atoms with van der Waals surface area (Å²) in [6.45, 7) is 2.74. The molecule has 6 heteroatoms. The van der Waals surface area contributed by atoms with Crippen molar-refractivity contribution in [3.63, 3.8) is 0 Å². The van der Waals surface area contributed by atoms with Gasteiger partial charge in [0.05, 0.1) is 12.1 Å². The molecule has 0 radical (unpaired) electrons. The summed E-state index contributed by atoms with van der Waals surface area (Å²) in [5, 5.41) is 3.77. The average Bonchev–Trinajstić information content (AvgIpc) is 3.15. The summed E-state index contributed by atoms with van der Waals surface area (Å²) in [7, 11) is 0. The van der Waals surface area contributed by atoms with Crippen LogP contribution in [0.25, 0.3) is 0 Å². The van der Waals surface area contributed by atoms with Crippen LogP contribution in [0.15, 0.2) is 46.9 Å². The van der Waals surface area contributed by atoms with E-state index in [0.29, 0.717) is 17.0 Å². The molecule has 1 heterocycles.